The Balaban J connectivity index is 1.49. The molecule has 2 aromatic rings. The third-order valence-corrected chi connectivity index (χ3v) is 6.01. The van der Waals surface area contributed by atoms with E-state index < -0.39 is 6.10 Å². The van der Waals surface area contributed by atoms with Gasteiger partial charge in [0.15, 0.2) is 5.96 Å². The van der Waals surface area contributed by atoms with Gasteiger partial charge in [0.05, 0.1) is 18.8 Å². The molecule has 1 aromatic carbocycles. The first-order chi connectivity index (χ1) is 14.5. The predicted molar refractivity (Wildman–Crippen MR) is 124 cm³/mol. The number of benzene rings is 1. The second kappa shape index (κ2) is 11.3. The van der Waals surface area contributed by atoms with Crippen molar-refractivity contribution >= 4 is 17.3 Å². The number of rotatable bonds is 9. The van der Waals surface area contributed by atoms with Crippen LogP contribution in [0.1, 0.15) is 42.9 Å². The van der Waals surface area contributed by atoms with Crippen LogP contribution in [0.4, 0.5) is 0 Å². The fraction of sp³-hybridized carbons (Fsp3) is 0.522. The SMILES string of the molecule is CCNC(=NCC(O)c1cccc(OC(C)C)c1)NCCN1CCc2sccc2C1. The minimum Gasteiger partial charge on any atom is -0.491 e. The highest BCUT2D eigenvalue weighted by Crippen LogP contribution is 2.23. The molecule has 0 radical (unpaired) electrons. The van der Waals surface area contributed by atoms with E-state index in [4.69, 9.17) is 4.74 Å². The molecule has 164 valence electrons. The topological polar surface area (TPSA) is 69.1 Å². The summed E-state index contributed by atoms with van der Waals surface area (Å²) < 4.78 is 5.72. The van der Waals surface area contributed by atoms with E-state index in [0.29, 0.717) is 6.54 Å². The molecular weight excluding hydrogens is 396 g/mol. The Labute approximate surface area is 184 Å². The number of fused-ring (bicyclic) bond motifs is 1. The van der Waals surface area contributed by atoms with Gasteiger partial charge in [-0.2, -0.15) is 0 Å². The summed E-state index contributed by atoms with van der Waals surface area (Å²) in [6, 6.07) is 9.85. The molecule has 7 heteroatoms. The maximum absolute atomic E-state index is 10.6. The quantitative estimate of drug-likeness (QED) is 0.421. The van der Waals surface area contributed by atoms with Crippen LogP contribution in [0.15, 0.2) is 40.7 Å². The van der Waals surface area contributed by atoms with Crippen molar-refractivity contribution in [3.8, 4) is 5.75 Å². The highest BCUT2D eigenvalue weighted by atomic mass is 32.1. The minimum absolute atomic E-state index is 0.103. The first-order valence-electron chi connectivity index (χ1n) is 10.8. The molecule has 3 rings (SSSR count). The lowest BCUT2D eigenvalue weighted by atomic mass is 10.1. The Morgan fingerprint density at radius 3 is 2.97 bits per heavy atom. The second-order valence-electron chi connectivity index (χ2n) is 7.80. The van der Waals surface area contributed by atoms with Gasteiger partial charge in [-0.05, 0) is 61.9 Å². The first kappa shape index (κ1) is 22.6. The van der Waals surface area contributed by atoms with Gasteiger partial charge >= 0.3 is 0 Å². The summed E-state index contributed by atoms with van der Waals surface area (Å²) in [7, 11) is 0. The summed E-state index contributed by atoms with van der Waals surface area (Å²) in [6.45, 7) is 11.0. The number of hydrogen-bond acceptors (Lipinski definition) is 5. The lowest BCUT2D eigenvalue weighted by molar-refractivity contribution is 0.185. The van der Waals surface area contributed by atoms with E-state index >= 15 is 0 Å². The summed E-state index contributed by atoms with van der Waals surface area (Å²) in [5.74, 6) is 1.50. The molecule has 2 heterocycles. The number of hydrogen-bond donors (Lipinski definition) is 3. The molecule has 1 atom stereocenters. The van der Waals surface area contributed by atoms with Crippen molar-refractivity contribution in [2.75, 3.05) is 32.7 Å². The van der Waals surface area contributed by atoms with Gasteiger partial charge in [0.1, 0.15) is 5.75 Å². The van der Waals surface area contributed by atoms with Gasteiger partial charge in [-0.25, -0.2) is 0 Å². The Bertz CT molecular complexity index is 821. The molecule has 0 aliphatic carbocycles. The van der Waals surface area contributed by atoms with Gasteiger partial charge in [-0.3, -0.25) is 9.89 Å². The molecular formula is C23H34N4O2S. The molecule has 0 fully saturated rings. The van der Waals surface area contributed by atoms with Crippen LogP contribution in [0.5, 0.6) is 5.75 Å². The average molecular weight is 431 g/mol. The second-order valence-corrected chi connectivity index (χ2v) is 8.80. The standard InChI is InChI=1S/C23H34N4O2S/c1-4-24-23(25-10-12-27-11-8-22-19(16-27)9-13-30-22)26-15-21(28)18-6-5-7-20(14-18)29-17(2)3/h5-7,9,13-14,17,21,28H,4,8,10-12,15-16H2,1-3H3,(H2,24,25,26). The van der Waals surface area contributed by atoms with E-state index in [2.05, 4.69) is 32.0 Å². The summed E-state index contributed by atoms with van der Waals surface area (Å²) in [6.07, 6.45) is 0.578. The van der Waals surface area contributed by atoms with Crippen molar-refractivity contribution in [1.29, 1.82) is 0 Å². The molecule has 0 saturated heterocycles. The number of nitrogens with one attached hydrogen (secondary N) is 2. The van der Waals surface area contributed by atoms with Gasteiger partial charge in [0.2, 0.25) is 0 Å². The zero-order chi connectivity index (χ0) is 21.3. The molecule has 1 aromatic heterocycles. The monoisotopic (exact) mass is 430 g/mol. The maximum atomic E-state index is 10.6. The third-order valence-electron chi connectivity index (χ3n) is 4.99. The van der Waals surface area contributed by atoms with E-state index in [9.17, 15) is 5.11 Å². The number of thiophene rings is 1. The van der Waals surface area contributed by atoms with Gasteiger partial charge in [-0.15, -0.1) is 11.3 Å². The fourth-order valence-electron chi connectivity index (χ4n) is 3.52. The lowest BCUT2D eigenvalue weighted by Gasteiger charge is -2.27. The van der Waals surface area contributed by atoms with Gasteiger partial charge < -0.3 is 20.5 Å². The Morgan fingerprint density at radius 1 is 1.30 bits per heavy atom. The van der Waals surface area contributed by atoms with E-state index in [1.54, 1.807) is 0 Å². The number of guanidine groups is 1. The van der Waals surface area contributed by atoms with E-state index in [1.807, 2.05) is 56.4 Å². The van der Waals surface area contributed by atoms with Crippen molar-refractivity contribution in [3.05, 3.63) is 51.7 Å². The summed E-state index contributed by atoms with van der Waals surface area (Å²) >= 11 is 1.87. The molecule has 0 amide bonds. The van der Waals surface area contributed by atoms with Crippen LogP contribution in [0, 0.1) is 0 Å². The van der Waals surface area contributed by atoms with Crippen LogP contribution in [0.25, 0.3) is 0 Å². The molecule has 1 aliphatic heterocycles. The van der Waals surface area contributed by atoms with Crippen molar-refractivity contribution in [3.63, 3.8) is 0 Å². The van der Waals surface area contributed by atoms with Gasteiger partial charge in [0.25, 0.3) is 0 Å². The van der Waals surface area contributed by atoms with Crippen molar-refractivity contribution < 1.29 is 9.84 Å². The van der Waals surface area contributed by atoms with Gasteiger partial charge in [-0.1, -0.05) is 12.1 Å². The summed E-state index contributed by atoms with van der Waals surface area (Å²) in [4.78, 5) is 8.58. The van der Waals surface area contributed by atoms with Crippen LogP contribution < -0.4 is 15.4 Å². The molecule has 0 saturated carbocycles. The fourth-order valence-corrected chi connectivity index (χ4v) is 4.41. The summed E-state index contributed by atoms with van der Waals surface area (Å²) in [5, 5.41) is 19.4. The van der Waals surface area contributed by atoms with Crippen LogP contribution in [0.2, 0.25) is 0 Å². The number of nitrogens with zero attached hydrogens (tertiary/aromatic N) is 2. The first-order valence-corrected chi connectivity index (χ1v) is 11.7. The number of aliphatic hydroxyl groups excluding tert-OH is 1. The zero-order valence-corrected chi connectivity index (χ0v) is 19.0. The van der Waals surface area contributed by atoms with E-state index in [0.717, 1.165) is 56.4 Å². The van der Waals surface area contributed by atoms with Crippen LogP contribution in [-0.2, 0) is 13.0 Å². The molecule has 0 spiro atoms. The Morgan fingerprint density at radius 2 is 2.17 bits per heavy atom. The number of aliphatic hydroxyl groups is 1. The maximum Gasteiger partial charge on any atom is 0.191 e. The van der Waals surface area contributed by atoms with E-state index in [1.165, 1.54) is 10.4 Å². The lowest BCUT2D eigenvalue weighted by Crippen LogP contribution is -2.42. The molecule has 6 nitrogen and oxygen atoms in total. The van der Waals surface area contributed by atoms with Gasteiger partial charge in [0, 0.05) is 37.6 Å². The zero-order valence-electron chi connectivity index (χ0n) is 18.2. The highest BCUT2D eigenvalue weighted by Gasteiger charge is 2.16. The summed E-state index contributed by atoms with van der Waals surface area (Å²) in [5.41, 5.74) is 2.28. The van der Waals surface area contributed by atoms with Crippen LogP contribution >= 0.6 is 11.3 Å². The Kier molecular flexibility index (Phi) is 8.54. The number of ether oxygens (including phenoxy) is 1. The minimum atomic E-state index is -0.671. The van der Waals surface area contributed by atoms with Crippen molar-refractivity contribution in [1.82, 2.24) is 15.5 Å². The molecule has 0 bridgehead atoms. The normalized spacial score (nSPS) is 15.7. The Hall–Kier alpha value is -2.09. The van der Waals surface area contributed by atoms with Crippen molar-refractivity contribution in [2.45, 2.75) is 45.9 Å². The third kappa shape index (κ3) is 6.72. The van der Waals surface area contributed by atoms with Crippen LogP contribution in [-0.4, -0.2) is 54.8 Å². The van der Waals surface area contributed by atoms with Crippen LogP contribution in [0.3, 0.4) is 0 Å². The molecule has 1 unspecified atom stereocenters. The molecule has 30 heavy (non-hydrogen) atoms. The average Bonchev–Trinajstić information content (AvgIpc) is 3.19. The number of aliphatic imine (C=N–C) groups is 1. The van der Waals surface area contributed by atoms with E-state index in [-0.39, 0.29) is 6.10 Å². The highest BCUT2D eigenvalue weighted by molar-refractivity contribution is 7.10. The molecule has 3 N–H and O–H groups in total. The predicted octanol–water partition coefficient (Wildman–Crippen LogP) is 3.18. The molecule has 1 aliphatic rings. The largest absolute Gasteiger partial charge is 0.491 e. The van der Waals surface area contributed by atoms with Crippen molar-refractivity contribution in [2.24, 2.45) is 4.99 Å². The smallest absolute Gasteiger partial charge is 0.191 e.